The summed E-state index contributed by atoms with van der Waals surface area (Å²) < 4.78 is 0. The molecule has 0 amide bonds. The average Bonchev–Trinajstić information content (AvgIpc) is 2.31. The Hall–Kier alpha value is -1.96. The molecule has 16 heavy (non-hydrogen) atoms. The monoisotopic (exact) mass is 211 g/mol. The molecule has 2 heteroatoms. The van der Waals surface area contributed by atoms with Gasteiger partial charge in [-0.05, 0) is 42.7 Å². The third-order valence-corrected chi connectivity index (χ3v) is 2.76. The molecule has 0 aliphatic rings. The first-order valence-electron chi connectivity index (χ1n) is 5.19. The molecule has 0 aliphatic heterocycles. The van der Waals surface area contributed by atoms with E-state index in [1.54, 1.807) is 6.20 Å². The number of carbonyl (C=O) groups is 1. The maximum Gasteiger partial charge on any atom is 0.150 e. The van der Waals surface area contributed by atoms with Gasteiger partial charge in [0, 0.05) is 23.5 Å². The molecule has 80 valence electrons. The van der Waals surface area contributed by atoms with Crippen LogP contribution in [0.4, 0.5) is 0 Å². The Morgan fingerprint density at radius 3 is 2.62 bits per heavy atom. The Kier molecular flexibility index (Phi) is 2.82. The molecule has 1 heterocycles. The Bertz CT molecular complexity index is 532. The van der Waals surface area contributed by atoms with Crippen LogP contribution >= 0.6 is 0 Å². The van der Waals surface area contributed by atoms with Crippen molar-refractivity contribution in [2.45, 2.75) is 13.8 Å². The number of aromatic nitrogens is 1. The summed E-state index contributed by atoms with van der Waals surface area (Å²) in [6, 6.07) is 7.86. The number of nitrogens with zero attached hydrogens (tertiary/aromatic N) is 1. The van der Waals surface area contributed by atoms with E-state index >= 15 is 0 Å². The first-order valence-corrected chi connectivity index (χ1v) is 5.19. The maximum atomic E-state index is 10.9. The predicted octanol–water partition coefficient (Wildman–Crippen LogP) is 3.18. The van der Waals surface area contributed by atoms with E-state index in [-0.39, 0.29) is 0 Å². The first kappa shape index (κ1) is 10.6. The standard InChI is InChI=1S/C14H13NO/c1-10-3-4-12(7-13(10)9-16)14-8-15-6-5-11(14)2/h3-9H,1-2H3. The van der Waals surface area contributed by atoms with Crippen LogP contribution in [-0.4, -0.2) is 11.3 Å². The number of hydrogen-bond acceptors (Lipinski definition) is 2. The highest BCUT2D eigenvalue weighted by molar-refractivity contribution is 5.81. The topological polar surface area (TPSA) is 30.0 Å². The van der Waals surface area contributed by atoms with Gasteiger partial charge in [-0.1, -0.05) is 12.1 Å². The van der Waals surface area contributed by atoms with Crippen LogP contribution in [0.15, 0.2) is 36.7 Å². The highest BCUT2D eigenvalue weighted by Crippen LogP contribution is 2.23. The fourth-order valence-corrected chi connectivity index (χ4v) is 1.70. The summed E-state index contributed by atoms with van der Waals surface area (Å²) in [5.74, 6) is 0. The average molecular weight is 211 g/mol. The second-order valence-electron chi connectivity index (χ2n) is 3.88. The van der Waals surface area contributed by atoms with Crippen molar-refractivity contribution in [2.24, 2.45) is 0 Å². The SMILES string of the molecule is Cc1ccc(-c2cnccc2C)cc1C=O. The minimum atomic E-state index is 0.737. The van der Waals surface area contributed by atoms with E-state index < -0.39 is 0 Å². The minimum Gasteiger partial charge on any atom is -0.298 e. The molecular weight excluding hydrogens is 198 g/mol. The van der Waals surface area contributed by atoms with Gasteiger partial charge in [0.2, 0.25) is 0 Å². The van der Waals surface area contributed by atoms with Gasteiger partial charge in [-0.25, -0.2) is 0 Å². The molecule has 0 fully saturated rings. The Labute approximate surface area is 95.0 Å². The van der Waals surface area contributed by atoms with E-state index in [0.29, 0.717) is 0 Å². The van der Waals surface area contributed by atoms with Crippen molar-refractivity contribution >= 4 is 6.29 Å². The summed E-state index contributed by atoms with van der Waals surface area (Å²) in [5.41, 5.74) is 5.01. The van der Waals surface area contributed by atoms with Crippen LogP contribution in [-0.2, 0) is 0 Å². The van der Waals surface area contributed by atoms with Gasteiger partial charge in [-0.15, -0.1) is 0 Å². The quantitative estimate of drug-likeness (QED) is 0.714. The number of benzene rings is 1. The Morgan fingerprint density at radius 1 is 1.12 bits per heavy atom. The summed E-state index contributed by atoms with van der Waals surface area (Å²) in [6.45, 7) is 3.97. The minimum absolute atomic E-state index is 0.737. The highest BCUT2D eigenvalue weighted by Gasteiger charge is 2.04. The number of rotatable bonds is 2. The van der Waals surface area contributed by atoms with Crippen molar-refractivity contribution in [1.29, 1.82) is 0 Å². The molecule has 0 radical (unpaired) electrons. The van der Waals surface area contributed by atoms with Gasteiger partial charge in [-0.2, -0.15) is 0 Å². The maximum absolute atomic E-state index is 10.9. The summed E-state index contributed by atoms with van der Waals surface area (Å²) in [7, 11) is 0. The van der Waals surface area contributed by atoms with Crippen LogP contribution in [0.2, 0.25) is 0 Å². The lowest BCUT2D eigenvalue weighted by Crippen LogP contribution is -1.90. The number of pyridine rings is 1. The molecule has 2 aromatic rings. The normalized spacial score (nSPS) is 10.1. The molecule has 0 bridgehead atoms. The predicted molar refractivity (Wildman–Crippen MR) is 64.5 cm³/mol. The van der Waals surface area contributed by atoms with Gasteiger partial charge in [0.05, 0.1) is 0 Å². The van der Waals surface area contributed by atoms with Crippen LogP contribution < -0.4 is 0 Å². The van der Waals surface area contributed by atoms with Gasteiger partial charge in [0.15, 0.2) is 0 Å². The molecule has 0 saturated carbocycles. The number of hydrogen-bond donors (Lipinski definition) is 0. The van der Waals surface area contributed by atoms with Crippen LogP contribution in [0.25, 0.3) is 11.1 Å². The van der Waals surface area contributed by atoms with Crippen molar-refractivity contribution in [3.63, 3.8) is 0 Å². The molecule has 2 rings (SSSR count). The molecule has 0 aliphatic carbocycles. The molecule has 0 saturated heterocycles. The zero-order valence-corrected chi connectivity index (χ0v) is 9.40. The fourth-order valence-electron chi connectivity index (χ4n) is 1.70. The Balaban J connectivity index is 2.57. The smallest absolute Gasteiger partial charge is 0.150 e. The van der Waals surface area contributed by atoms with Crippen molar-refractivity contribution in [2.75, 3.05) is 0 Å². The van der Waals surface area contributed by atoms with E-state index in [4.69, 9.17) is 0 Å². The van der Waals surface area contributed by atoms with Crippen LogP contribution in [0, 0.1) is 13.8 Å². The molecule has 1 aromatic carbocycles. The van der Waals surface area contributed by atoms with Gasteiger partial charge >= 0.3 is 0 Å². The van der Waals surface area contributed by atoms with Crippen LogP contribution in [0.3, 0.4) is 0 Å². The van der Waals surface area contributed by atoms with E-state index in [1.165, 1.54) is 0 Å². The van der Waals surface area contributed by atoms with Crippen molar-refractivity contribution < 1.29 is 4.79 Å². The second kappa shape index (κ2) is 4.27. The third kappa shape index (κ3) is 1.87. The lowest BCUT2D eigenvalue weighted by atomic mass is 9.99. The summed E-state index contributed by atoms with van der Waals surface area (Å²) >= 11 is 0. The van der Waals surface area contributed by atoms with E-state index in [1.807, 2.05) is 44.3 Å². The molecule has 2 nitrogen and oxygen atoms in total. The van der Waals surface area contributed by atoms with Crippen molar-refractivity contribution in [1.82, 2.24) is 4.98 Å². The highest BCUT2D eigenvalue weighted by atomic mass is 16.1. The number of aryl methyl sites for hydroxylation is 2. The summed E-state index contributed by atoms with van der Waals surface area (Å²) in [5, 5.41) is 0. The molecule has 0 unspecified atom stereocenters. The van der Waals surface area contributed by atoms with Gasteiger partial charge in [-0.3, -0.25) is 9.78 Å². The molecule has 0 N–H and O–H groups in total. The fraction of sp³-hybridized carbons (Fsp3) is 0.143. The lowest BCUT2D eigenvalue weighted by Gasteiger charge is -2.07. The largest absolute Gasteiger partial charge is 0.298 e. The van der Waals surface area contributed by atoms with E-state index in [9.17, 15) is 4.79 Å². The zero-order valence-electron chi connectivity index (χ0n) is 9.40. The molecule has 1 aromatic heterocycles. The third-order valence-electron chi connectivity index (χ3n) is 2.76. The number of carbonyl (C=O) groups excluding carboxylic acids is 1. The van der Waals surface area contributed by atoms with Crippen LogP contribution in [0.1, 0.15) is 21.5 Å². The Morgan fingerprint density at radius 2 is 1.94 bits per heavy atom. The van der Waals surface area contributed by atoms with Gasteiger partial charge in [0.1, 0.15) is 6.29 Å². The van der Waals surface area contributed by atoms with E-state index in [0.717, 1.165) is 34.1 Å². The molecular formula is C14H13NO. The summed E-state index contributed by atoms with van der Waals surface area (Å²) in [6.07, 6.45) is 4.49. The van der Waals surface area contributed by atoms with Gasteiger partial charge < -0.3 is 0 Å². The van der Waals surface area contributed by atoms with Crippen molar-refractivity contribution in [3.05, 3.63) is 53.3 Å². The van der Waals surface area contributed by atoms with E-state index in [2.05, 4.69) is 4.98 Å². The summed E-state index contributed by atoms with van der Waals surface area (Å²) in [4.78, 5) is 15.0. The molecule has 0 spiro atoms. The van der Waals surface area contributed by atoms with Gasteiger partial charge in [0.25, 0.3) is 0 Å². The first-order chi connectivity index (χ1) is 7.72. The molecule has 0 atom stereocenters. The van der Waals surface area contributed by atoms with Crippen molar-refractivity contribution in [3.8, 4) is 11.1 Å². The zero-order chi connectivity index (χ0) is 11.5. The lowest BCUT2D eigenvalue weighted by molar-refractivity contribution is 0.112. The van der Waals surface area contributed by atoms with Crippen LogP contribution in [0.5, 0.6) is 0 Å². The second-order valence-corrected chi connectivity index (χ2v) is 3.88. The number of aldehydes is 1.